The quantitative estimate of drug-likeness (QED) is 0.631. The molecule has 3 rings (SSSR count). The zero-order valence-corrected chi connectivity index (χ0v) is 10.2. The second-order valence-corrected chi connectivity index (χ2v) is 4.10. The molecule has 0 fully saturated rings. The Balaban J connectivity index is 2.40. The van der Waals surface area contributed by atoms with Gasteiger partial charge in [0.05, 0.1) is 24.4 Å². The molecule has 0 amide bonds. The van der Waals surface area contributed by atoms with Crippen molar-refractivity contribution in [1.82, 2.24) is 14.1 Å². The lowest BCUT2D eigenvalue weighted by molar-refractivity contribution is 0.0601. The van der Waals surface area contributed by atoms with Crippen LogP contribution in [-0.2, 0) is 4.74 Å². The van der Waals surface area contributed by atoms with Gasteiger partial charge in [0.15, 0.2) is 0 Å². The second kappa shape index (κ2) is 3.96. The summed E-state index contributed by atoms with van der Waals surface area (Å²) in [6.45, 7) is 0. The Morgan fingerprint density at radius 2 is 2.22 bits per heavy atom. The Morgan fingerprint density at radius 3 is 3.00 bits per heavy atom. The van der Waals surface area contributed by atoms with Crippen LogP contribution in [0.15, 0.2) is 30.7 Å². The van der Waals surface area contributed by atoms with E-state index in [0.717, 1.165) is 10.9 Å². The molecule has 0 bridgehead atoms. The number of carbonyl (C=O) groups excluding carboxylic acids is 1. The van der Waals surface area contributed by atoms with Crippen molar-refractivity contribution in [2.75, 3.05) is 7.11 Å². The van der Waals surface area contributed by atoms with Crippen molar-refractivity contribution in [1.29, 1.82) is 0 Å². The topological polar surface area (TPSA) is 57.0 Å². The van der Waals surface area contributed by atoms with Crippen LogP contribution in [0.2, 0.25) is 0 Å². The molecule has 0 radical (unpaired) electrons. The lowest BCUT2D eigenvalue weighted by Crippen LogP contribution is -2.00. The molecule has 0 saturated carbocycles. The number of halogens is 1. The van der Waals surface area contributed by atoms with Crippen LogP contribution in [0.3, 0.4) is 0 Å². The summed E-state index contributed by atoms with van der Waals surface area (Å²) in [5.41, 5.74) is 2.66. The fraction of sp³-hybridized carbons (Fsp3) is 0.0833. The van der Waals surface area contributed by atoms with Crippen molar-refractivity contribution in [3.05, 3.63) is 36.3 Å². The summed E-state index contributed by atoms with van der Waals surface area (Å²) < 4.78 is 6.17. The number of fused-ring (bicyclic) bond motifs is 3. The third-order valence-corrected chi connectivity index (χ3v) is 3.15. The van der Waals surface area contributed by atoms with Gasteiger partial charge in [-0.05, 0) is 18.2 Å². The summed E-state index contributed by atoms with van der Waals surface area (Å²) in [6.07, 6.45) is 3.08. The number of aromatic nitrogens is 3. The van der Waals surface area contributed by atoms with Crippen LogP contribution in [0.4, 0.5) is 0 Å². The van der Waals surface area contributed by atoms with Crippen molar-refractivity contribution in [3.63, 3.8) is 0 Å². The number of methoxy groups -OCH3 is 1. The molecular weight excluding hydrogens is 254 g/mol. The molecule has 0 atom stereocenters. The average molecular weight is 262 g/mol. The molecule has 0 saturated heterocycles. The van der Waals surface area contributed by atoms with Crippen LogP contribution in [0.5, 0.6) is 0 Å². The summed E-state index contributed by atoms with van der Waals surface area (Å²) in [4.78, 5) is 19.6. The minimum Gasteiger partial charge on any atom is -0.465 e. The number of nitrogens with zero attached hydrogens (tertiary/aromatic N) is 3. The lowest BCUT2D eigenvalue weighted by Gasteiger charge is -1.99. The van der Waals surface area contributed by atoms with Gasteiger partial charge >= 0.3 is 5.97 Å². The maximum absolute atomic E-state index is 11.5. The van der Waals surface area contributed by atoms with Gasteiger partial charge in [-0.2, -0.15) is 0 Å². The zero-order valence-electron chi connectivity index (χ0n) is 9.42. The molecule has 2 heterocycles. The zero-order chi connectivity index (χ0) is 12.7. The molecule has 0 spiro atoms. The molecule has 2 aromatic heterocycles. The van der Waals surface area contributed by atoms with Crippen molar-refractivity contribution in [2.45, 2.75) is 0 Å². The first-order valence-electron chi connectivity index (χ1n) is 5.21. The monoisotopic (exact) mass is 261 g/mol. The van der Waals surface area contributed by atoms with Gasteiger partial charge in [0.1, 0.15) is 17.4 Å². The SMILES string of the molecule is COC(=O)c1ccc2c(c1)c1ncncc1n2Cl. The first-order chi connectivity index (χ1) is 8.72. The lowest BCUT2D eigenvalue weighted by atomic mass is 10.1. The standard InChI is InChI=1S/C12H8ClN3O2/c1-18-12(17)7-2-3-9-8(4-7)11-10(16(9)13)5-14-6-15-11/h2-6H,1H3. The van der Waals surface area contributed by atoms with Crippen molar-refractivity contribution in [3.8, 4) is 0 Å². The largest absolute Gasteiger partial charge is 0.465 e. The van der Waals surface area contributed by atoms with Gasteiger partial charge in [0.25, 0.3) is 0 Å². The van der Waals surface area contributed by atoms with Crippen LogP contribution in [0, 0.1) is 0 Å². The smallest absolute Gasteiger partial charge is 0.337 e. The molecule has 6 heteroatoms. The Kier molecular flexibility index (Phi) is 2.41. The van der Waals surface area contributed by atoms with Crippen molar-refractivity contribution >= 4 is 39.7 Å². The van der Waals surface area contributed by atoms with Gasteiger partial charge in [-0.1, -0.05) is 0 Å². The molecule has 0 aliphatic carbocycles. The van der Waals surface area contributed by atoms with E-state index in [-0.39, 0.29) is 5.97 Å². The molecule has 0 aliphatic heterocycles. The highest BCUT2D eigenvalue weighted by molar-refractivity contribution is 6.26. The van der Waals surface area contributed by atoms with E-state index in [1.165, 1.54) is 17.5 Å². The molecule has 0 N–H and O–H groups in total. The minimum atomic E-state index is -0.388. The van der Waals surface area contributed by atoms with Crippen molar-refractivity contribution in [2.24, 2.45) is 0 Å². The van der Waals surface area contributed by atoms with Gasteiger partial charge < -0.3 is 4.74 Å². The van der Waals surface area contributed by atoms with E-state index in [1.54, 1.807) is 24.4 Å². The van der Waals surface area contributed by atoms with E-state index < -0.39 is 0 Å². The van der Waals surface area contributed by atoms with E-state index in [0.29, 0.717) is 16.6 Å². The maximum atomic E-state index is 11.5. The second-order valence-electron chi connectivity index (χ2n) is 3.76. The molecule has 0 aliphatic rings. The third-order valence-electron chi connectivity index (χ3n) is 2.79. The van der Waals surface area contributed by atoms with Gasteiger partial charge in [0.2, 0.25) is 0 Å². The van der Waals surface area contributed by atoms with Gasteiger partial charge in [-0.25, -0.2) is 18.8 Å². The van der Waals surface area contributed by atoms with Gasteiger partial charge in [-0.3, -0.25) is 0 Å². The van der Waals surface area contributed by atoms with Crippen LogP contribution in [0.1, 0.15) is 10.4 Å². The minimum absolute atomic E-state index is 0.388. The van der Waals surface area contributed by atoms with E-state index in [1.807, 2.05) is 0 Å². The molecule has 3 aromatic rings. The Hall–Kier alpha value is -2.14. The predicted octanol–water partition coefficient (Wildman–Crippen LogP) is 2.37. The summed E-state index contributed by atoms with van der Waals surface area (Å²) in [5.74, 6) is -0.388. The average Bonchev–Trinajstić information content (AvgIpc) is 2.72. The normalized spacial score (nSPS) is 11.0. The number of ether oxygens (including phenoxy) is 1. The highest BCUT2D eigenvalue weighted by atomic mass is 35.5. The molecule has 90 valence electrons. The summed E-state index contributed by atoms with van der Waals surface area (Å²) >= 11 is 6.18. The first-order valence-corrected chi connectivity index (χ1v) is 5.55. The number of benzene rings is 1. The first kappa shape index (κ1) is 11.0. The van der Waals surface area contributed by atoms with E-state index in [4.69, 9.17) is 16.5 Å². The Morgan fingerprint density at radius 1 is 1.39 bits per heavy atom. The highest BCUT2D eigenvalue weighted by Gasteiger charge is 2.13. The van der Waals surface area contributed by atoms with Crippen molar-refractivity contribution < 1.29 is 9.53 Å². The fourth-order valence-electron chi connectivity index (χ4n) is 1.94. The van der Waals surface area contributed by atoms with E-state index in [9.17, 15) is 4.79 Å². The number of hydrogen-bond donors (Lipinski definition) is 0. The Labute approximate surface area is 107 Å². The van der Waals surface area contributed by atoms with Crippen LogP contribution >= 0.6 is 11.8 Å². The summed E-state index contributed by atoms with van der Waals surface area (Å²) in [6, 6.07) is 5.14. The summed E-state index contributed by atoms with van der Waals surface area (Å²) in [5, 5.41) is 0.797. The van der Waals surface area contributed by atoms with Gasteiger partial charge in [-0.15, -0.1) is 0 Å². The van der Waals surface area contributed by atoms with Crippen LogP contribution in [-0.4, -0.2) is 27.1 Å². The van der Waals surface area contributed by atoms with E-state index >= 15 is 0 Å². The number of rotatable bonds is 1. The third kappa shape index (κ3) is 1.44. The predicted molar refractivity (Wildman–Crippen MR) is 67.6 cm³/mol. The van der Waals surface area contributed by atoms with Crippen LogP contribution in [0.25, 0.3) is 21.9 Å². The molecule has 1 aromatic carbocycles. The fourth-order valence-corrected chi connectivity index (χ4v) is 2.22. The summed E-state index contributed by atoms with van der Waals surface area (Å²) in [7, 11) is 1.35. The Bertz CT molecular complexity index is 766. The molecular formula is C12H8ClN3O2. The number of carbonyl (C=O) groups is 1. The molecule has 5 nitrogen and oxygen atoms in total. The molecule has 0 unspecified atom stereocenters. The van der Waals surface area contributed by atoms with Crippen LogP contribution < -0.4 is 0 Å². The maximum Gasteiger partial charge on any atom is 0.337 e. The number of hydrogen-bond acceptors (Lipinski definition) is 4. The number of esters is 1. The van der Waals surface area contributed by atoms with Gasteiger partial charge in [0, 0.05) is 17.2 Å². The molecule has 18 heavy (non-hydrogen) atoms. The highest BCUT2D eigenvalue weighted by Crippen LogP contribution is 2.28. The van der Waals surface area contributed by atoms with E-state index in [2.05, 4.69) is 9.97 Å².